The van der Waals surface area contributed by atoms with Crippen molar-refractivity contribution >= 4 is 31.6 Å². The Bertz CT molecular complexity index is 2380. The SMILES string of the molecule is Cc1ccc(-c2cc(C(F)(F)F)nn2-c2ccc(S(N)(=O)=O)cc2)cc1.NS(=O)(=O)c1ccc(-n2nc(C(F)F)cc2-c2ccc(Cl)cc2)cc1. The minimum atomic E-state index is -4.61. The number of aryl methyl sites for hydroxylation is 1. The first kappa shape index (κ1) is 37.3. The monoisotopic (exact) mass is 764 g/mol. The molecule has 0 fully saturated rings. The number of rotatable bonds is 7. The van der Waals surface area contributed by atoms with Crippen LogP contribution in [-0.4, -0.2) is 36.4 Å². The predicted octanol–water partition coefficient (Wildman–Crippen LogP) is 7.29. The lowest BCUT2D eigenvalue weighted by atomic mass is 10.1. The number of nitrogens with zero attached hydrogens (tertiary/aromatic N) is 4. The highest BCUT2D eigenvalue weighted by atomic mass is 35.5. The van der Waals surface area contributed by atoms with E-state index in [1.54, 1.807) is 48.5 Å². The summed E-state index contributed by atoms with van der Waals surface area (Å²) in [5.41, 5.74) is 2.09. The summed E-state index contributed by atoms with van der Waals surface area (Å²) in [5, 5.41) is 18.2. The van der Waals surface area contributed by atoms with Crippen molar-refractivity contribution < 1.29 is 38.8 Å². The van der Waals surface area contributed by atoms with E-state index < -0.39 is 38.3 Å². The summed E-state index contributed by atoms with van der Waals surface area (Å²) in [6.45, 7) is 1.87. The number of nitrogens with two attached hydrogens (primary N) is 2. The Morgan fingerprint density at radius 2 is 1.06 bits per heavy atom. The Labute approximate surface area is 293 Å². The predicted molar refractivity (Wildman–Crippen MR) is 180 cm³/mol. The average molecular weight is 765 g/mol. The number of aromatic nitrogens is 4. The quantitative estimate of drug-likeness (QED) is 0.163. The van der Waals surface area contributed by atoms with Crippen LogP contribution in [0.15, 0.2) is 119 Å². The summed E-state index contributed by atoms with van der Waals surface area (Å²) in [4.78, 5) is -0.216. The number of hydrogen-bond acceptors (Lipinski definition) is 6. The van der Waals surface area contributed by atoms with E-state index in [1.165, 1.54) is 59.3 Å². The molecule has 0 bridgehead atoms. The van der Waals surface area contributed by atoms with Gasteiger partial charge in [-0.15, -0.1) is 0 Å². The van der Waals surface area contributed by atoms with Crippen molar-refractivity contribution in [3.8, 4) is 33.9 Å². The summed E-state index contributed by atoms with van der Waals surface area (Å²) in [7, 11) is -7.74. The van der Waals surface area contributed by atoms with E-state index in [9.17, 15) is 38.8 Å². The van der Waals surface area contributed by atoms with Gasteiger partial charge in [0.15, 0.2) is 5.69 Å². The molecule has 0 aliphatic rings. The normalized spacial score (nSPS) is 12.1. The third kappa shape index (κ3) is 8.87. The number of benzene rings is 4. The lowest BCUT2D eigenvalue weighted by Crippen LogP contribution is -2.12. The van der Waals surface area contributed by atoms with Crippen molar-refractivity contribution in [3.63, 3.8) is 0 Å². The van der Waals surface area contributed by atoms with Gasteiger partial charge in [-0.3, -0.25) is 0 Å². The molecule has 0 aliphatic carbocycles. The lowest BCUT2D eigenvalue weighted by molar-refractivity contribution is -0.141. The van der Waals surface area contributed by atoms with Crippen molar-refractivity contribution in [3.05, 3.63) is 131 Å². The van der Waals surface area contributed by atoms with Gasteiger partial charge in [0.2, 0.25) is 20.0 Å². The Balaban J connectivity index is 0.000000198. The summed E-state index contributed by atoms with van der Waals surface area (Å²) >= 11 is 5.86. The molecule has 4 N–H and O–H groups in total. The maximum Gasteiger partial charge on any atom is 0.435 e. The third-order valence-corrected chi connectivity index (χ3v) is 9.37. The number of sulfonamides is 2. The van der Waals surface area contributed by atoms with Gasteiger partial charge in [-0.05, 0) is 79.7 Å². The van der Waals surface area contributed by atoms with E-state index in [0.717, 1.165) is 16.3 Å². The van der Waals surface area contributed by atoms with Crippen LogP contribution < -0.4 is 10.3 Å². The van der Waals surface area contributed by atoms with Gasteiger partial charge in [0, 0.05) is 16.1 Å². The molecule has 0 radical (unpaired) electrons. The van der Waals surface area contributed by atoms with E-state index in [0.29, 0.717) is 27.5 Å². The molecular formula is C33H26ClF5N6O4S2. The topological polar surface area (TPSA) is 156 Å². The average Bonchev–Trinajstić information content (AvgIpc) is 3.72. The van der Waals surface area contributed by atoms with Crippen LogP contribution in [0.2, 0.25) is 5.02 Å². The van der Waals surface area contributed by atoms with Crippen LogP contribution in [0.3, 0.4) is 0 Å². The second-order valence-corrected chi connectivity index (χ2v) is 14.5. The van der Waals surface area contributed by atoms with E-state index in [4.69, 9.17) is 21.9 Å². The molecule has 0 spiro atoms. The zero-order valence-corrected chi connectivity index (χ0v) is 28.5. The Kier molecular flexibility index (Phi) is 10.5. The Morgan fingerprint density at radius 3 is 1.47 bits per heavy atom. The Morgan fingerprint density at radius 1 is 0.647 bits per heavy atom. The van der Waals surface area contributed by atoms with Gasteiger partial charge >= 0.3 is 6.18 Å². The van der Waals surface area contributed by atoms with Gasteiger partial charge in [0.1, 0.15) is 5.69 Å². The molecule has 51 heavy (non-hydrogen) atoms. The van der Waals surface area contributed by atoms with Gasteiger partial charge in [-0.2, -0.15) is 23.4 Å². The van der Waals surface area contributed by atoms with Gasteiger partial charge in [-0.1, -0.05) is 53.6 Å². The van der Waals surface area contributed by atoms with Crippen LogP contribution in [0.5, 0.6) is 0 Å². The van der Waals surface area contributed by atoms with E-state index in [1.807, 2.05) is 6.92 Å². The van der Waals surface area contributed by atoms with Gasteiger partial charge in [0.05, 0.1) is 32.6 Å². The fraction of sp³-hybridized carbons (Fsp3) is 0.0909. The lowest BCUT2D eigenvalue weighted by Gasteiger charge is -2.09. The molecule has 2 heterocycles. The zero-order valence-electron chi connectivity index (χ0n) is 26.1. The van der Waals surface area contributed by atoms with Crippen LogP contribution >= 0.6 is 11.6 Å². The summed E-state index contributed by atoms with van der Waals surface area (Å²) in [5.74, 6) is 0. The molecule has 6 rings (SSSR count). The van der Waals surface area contributed by atoms with Crippen LogP contribution in [0, 0.1) is 6.92 Å². The zero-order chi connectivity index (χ0) is 37.3. The number of alkyl halides is 5. The summed E-state index contributed by atoms with van der Waals surface area (Å²) in [6, 6.07) is 26.5. The molecule has 6 aromatic rings. The van der Waals surface area contributed by atoms with Gasteiger partial charge < -0.3 is 0 Å². The first-order chi connectivity index (χ1) is 23.8. The molecule has 0 saturated heterocycles. The molecule has 4 aromatic carbocycles. The van der Waals surface area contributed by atoms with Crippen molar-refractivity contribution in [1.82, 2.24) is 19.6 Å². The molecular weight excluding hydrogens is 739 g/mol. The highest BCUT2D eigenvalue weighted by molar-refractivity contribution is 7.89. The highest BCUT2D eigenvalue weighted by Gasteiger charge is 2.35. The second kappa shape index (κ2) is 14.4. The van der Waals surface area contributed by atoms with Crippen LogP contribution in [-0.2, 0) is 26.2 Å². The van der Waals surface area contributed by atoms with Gasteiger partial charge in [-0.25, -0.2) is 45.3 Å². The summed E-state index contributed by atoms with van der Waals surface area (Å²) in [6.07, 6.45) is -7.35. The number of primary sulfonamides is 2. The van der Waals surface area contributed by atoms with E-state index in [-0.39, 0.29) is 26.9 Å². The minimum absolute atomic E-state index is 0.0782. The van der Waals surface area contributed by atoms with Crippen molar-refractivity contribution in [2.75, 3.05) is 0 Å². The maximum absolute atomic E-state index is 13.1. The number of halogens is 6. The third-order valence-electron chi connectivity index (χ3n) is 7.26. The molecule has 2 aromatic heterocycles. The summed E-state index contributed by atoms with van der Waals surface area (Å²) < 4.78 is 113. The second-order valence-electron chi connectivity index (χ2n) is 10.9. The Hall–Kier alpha value is -4.94. The highest BCUT2D eigenvalue weighted by Crippen LogP contribution is 2.34. The van der Waals surface area contributed by atoms with Crippen molar-refractivity contribution in [2.24, 2.45) is 10.3 Å². The minimum Gasteiger partial charge on any atom is -0.233 e. The first-order valence-corrected chi connectivity index (χ1v) is 17.9. The van der Waals surface area contributed by atoms with Crippen molar-refractivity contribution in [2.45, 2.75) is 29.3 Å². The molecule has 0 aliphatic heterocycles. The van der Waals surface area contributed by atoms with E-state index in [2.05, 4.69) is 10.2 Å². The molecule has 0 unspecified atom stereocenters. The molecule has 0 saturated carbocycles. The molecule has 0 atom stereocenters. The van der Waals surface area contributed by atoms with Crippen LogP contribution in [0.4, 0.5) is 22.0 Å². The van der Waals surface area contributed by atoms with Crippen LogP contribution in [0.25, 0.3) is 33.9 Å². The maximum atomic E-state index is 13.1. The molecule has 18 heteroatoms. The first-order valence-electron chi connectivity index (χ1n) is 14.5. The fourth-order valence-corrected chi connectivity index (χ4v) is 5.89. The van der Waals surface area contributed by atoms with Gasteiger partial charge in [0.25, 0.3) is 6.43 Å². The standard InChI is InChI=1S/C17H14F3N3O2S.C16H12ClF2N3O2S/c1-11-2-4-12(5-3-11)15-10-16(17(18,19)20)22-23(15)13-6-8-14(9-7-13)26(21,24)25;17-11-3-1-10(2-4-11)15-9-14(16(18)19)21-22(15)12-5-7-13(8-6-12)25(20,23)24/h2-10H,1H3,(H2,21,24,25);1-9,16H,(H2,20,23,24). The fourth-order valence-electron chi connectivity index (χ4n) is 4.73. The van der Waals surface area contributed by atoms with E-state index >= 15 is 0 Å². The smallest absolute Gasteiger partial charge is 0.233 e. The molecule has 0 amide bonds. The van der Waals surface area contributed by atoms with Crippen molar-refractivity contribution in [1.29, 1.82) is 0 Å². The number of hydrogen-bond donors (Lipinski definition) is 2. The molecule has 266 valence electrons. The largest absolute Gasteiger partial charge is 0.435 e. The van der Waals surface area contributed by atoms with Crippen LogP contribution in [0.1, 0.15) is 23.4 Å². The molecule has 10 nitrogen and oxygen atoms in total.